The number of H-pyrrole nitrogens is 1. The minimum Gasteiger partial charge on any atom is -0.464 e. The Morgan fingerprint density at radius 1 is 1.16 bits per heavy atom. The molecule has 8 heteroatoms. The molecule has 7 nitrogen and oxygen atoms in total. The number of rotatable bonds is 5. The Kier molecular flexibility index (Phi) is 6.15. The lowest BCUT2D eigenvalue weighted by atomic mass is 10.1. The van der Waals surface area contributed by atoms with Crippen molar-refractivity contribution in [2.75, 3.05) is 50.1 Å². The number of quaternary nitrogens is 1. The number of piperazine rings is 1. The highest BCUT2D eigenvalue weighted by Crippen LogP contribution is 2.29. The number of hydrogen-bond acceptors (Lipinski definition) is 4. The number of ether oxygens (including phenoxy) is 1. The van der Waals surface area contributed by atoms with Crippen LogP contribution in [-0.2, 0) is 9.53 Å². The number of aryl methyl sites for hydroxylation is 1. The van der Waals surface area contributed by atoms with Crippen molar-refractivity contribution in [2.45, 2.75) is 6.92 Å². The first-order chi connectivity index (χ1) is 14.9. The third-order valence-corrected chi connectivity index (χ3v) is 5.93. The van der Waals surface area contributed by atoms with Gasteiger partial charge in [-0.2, -0.15) is 0 Å². The van der Waals surface area contributed by atoms with Gasteiger partial charge in [0.05, 0.1) is 39.0 Å². The number of amides is 1. The number of aromatic amines is 1. The number of esters is 1. The zero-order valence-electron chi connectivity index (χ0n) is 17.6. The molecule has 4 rings (SSSR count). The number of anilines is 2. The summed E-state index contributed by atoms with van der Waals surface area (Å²) >= 11 is 5.98. The van der Waals surface area contributed by atoms with E-state index in [0.717, 1.165) is 53.4 Å². The highest BCUT2D eigenvalue weighted by molar-refractivity contribution is 6.30. The van der Waals surface area contributed by atoms with Crippen LogP contribution in [0.25, 0.3) is 10.9 Å². The van der Waals surface area contributed by atoms with Gasteiger partial charge in [0, 0.05) is 21.6 Å². The van der Waals surface area contributed by atoms with Gasteiger partial charge in [-0.1, -0.05) is 23.2 Å². The van der Waals surface area contributed by atoms with Crippen molar-refractivity contribution in [3.05, 3.63) is 58.7 Å². The van der Waals surface area contributed by atoms with E-state index in [-0.39, 0.29) is 11.6 Å². The highest BCUT2D eigenvalue weighted by Gasteiger charge is 2.25. The minimum absolute atomic E-state index is 0.123. The zero-order chi connectivity index (χ0) is 22.0. The Bertz CT molecular complexity index is 1100. The lowest BCUT2D eigenvalue weighted by molar-refractivity contribution is -0.892. The van der Waals surface area contributed by atoms with Gasteiger partial charge in [-0.05, 0) is 43.3 Å². The number of aromatic nitrogens is 1. The van der Waals surface area contributed by atoms with Crippen molar-refractivity contribution in [2.24, 2.45) is 0 Å². The minimum atomic E-state index is -0.506. The smallest absolute Gasteiger partial charge is 0.356 e. The second kappa shape index (κ2) is 8.99. The average Bonchev–Trinajstić information content (AvgIpc) is 3.11. The van der Waals surface area contributed by atoms with Crippen LogP contribution in [0.4, 0.5) is 11.4 Å². The maximum atomic E-state index is 12.8. The molecule has 0 radical (unpaired) electrons. The average molecular weight is 442 g/mol. The van der Waals surface area contributed by atoms with Crippen molar-refractivity contribution < 1.29 is 19.2 Å². The van der Waals surface area contributed by atoms with Gasteiger partial charge in [0.1, 0.15) is 5.69 Å². The van der Waals surface area contributed by atoms with E-state index in [9.17, 15) is 9.59 Å². The number of nitrogens with zero attached hydrogens (tertiary/aromatic N) is 1. The number of carbonyl (C=O) groups is 2. The lowest BCUT2D eigenvalue weighted by Gasteiger charge is -2.33. The fraction of sp³-hybridized carbons (Fsp3) is 0.304. The number of benzene rings is 2. The molecule has 3 N–H and O–H groups in total. The molecule has 31 heavy (non-hydrogen) atoms. The molecule has 0 unspecified atom stereocenters. The lowest BCUT2D eigenvalue weighted by Crippen LogP contribution is -3.15. The fourth-order valence-corrected chi connectivity index (χ4v) is 4.14. The third kappa shape index (κ3) is 4.68. The van der Waals surface area contributed by atoms with Crippen LogP contribution >= 0.6 is 11.6 Å². The number of carbonyl (C=O) groups excluding carboxylic acids is 2. The van der Waals surface area contributed by atoms with E-state index >= 15 is 0 Å². The van der Waals surface area contributed by atoms with Gasteiger partial charge in [0.25, 0.3) is 5.91 Å². The van der Waals surface area contributed by atoms with Crippen molar-refractivity contribution >= 4 is 45.8 Å². The van der Waals surface area contributed by atoms with Gasteiger partial charge in [-0.3, -0.25) is 4.79 Å². The number of hydrogen-bond donors (Lipinski definition) is 3. The van der Waals surface area contributed by atoms with Crippen LogP contribution in [0.2, 0.25) is 5.02 Å². The van der Waals surface area contributed by atoms with Gasteiger partial charge >= 0.3 is 5.97 Å². The molecule has 0 atom stereocenters. The standard InChI is InChI=1S/C23H25ClN4O3/c1-15-3-8-19-18(13-15)21(22(25-19)23(30)31-2)26-20(29)14-27-9-11-28(12-10-27)17-6-4-16(24)5-7-17/h3-8,13,25H,9-12,14H2,1-2H3,(H,26,29)/p+1. The first-order valence-corrected chi connectivity index (χ1v) is 10.7. The third-order valence-electron chi connectivity index (χ3n) is 5.68. The van der Waals surface area contributed by atoms with E-state index in [2.05, 4.69) is 15.2 Å². The Morgan fingerprint density at radius 3 is 2.55 bits per heavy atom. The quantitative estimate of drug-likeness (QED) is 0.531. The summed E-state index contributed by atoms with van der Waals surface area (Å²) < 4.78 is 4.89. The molecule has 162 valence electrons. The number of halogens is 1. The van der Waals surface area contributed by atoms with Gasteiger partial charge in [0.15, 0.2) is 6.54 Å². The molecule has 0 bridgehead atoms. The van der Waals surface area contributed by atoms with Gasteiger partial charge in [0.2, 0.25) is 0 Å². The molecular formula is C23H26ClN4O3+. The van der Waals surface area contributed by atoms with Gasteiger partial charge in [-0.15, -0.1) is 0 Å². The maximum Gasteiger partial charge on any atom is 0.356 e. The predicted molar refractivity (Wildman–Crippen MR) is 122 cm³/mol. The molecular weight excluding hydrogens is 416 g/mol. The largest absolute Gasteiger partial charge is 0.464 e. The van der Waals surface area contributed by atoms with Crippen LogP contribution in [0.5, 0.6) is 0 Å². The van der Waals surface area contributed by atoms with Crippen LogP contribution in [0.1, 0.15) is 16.1 Å². The molecule has 1 amide bonds. The van der Waals surface area contributed by atoms with E-state index in [1.165, 1.54) is 12.0 Å². The number of nitrogens with one attached hydrogen (secondary N) is 3. The summed E-state index contributed by atoms with van der Waals surface area (Å²) in [6.45, 7) is 5.75. The maximum absolute atomic E-state index is 12.8. The highest BCUT2D eigenvalue weighted by atomic mass is 35.5. The predicted octanol–water partition coefficient (Wildman–Crippen LogP) is 2.26. The molecule has 1 aliphatic heterocycles. The van der Waals surface area contributed by atoms with E-state index in [4.69, 9.17) is 16.3 Å². The zero-order valence-corrected chi connectivity index (χ0v) is 18.4. The summed E-state index contributed by atoms with van der Waals surface area (Å²) in [4.78, 5) is 31.6. The Hall–Kier alpha value is -3.03. The second-order valence-electron chi connectivity index (χ2n) is 7.85. The van der Waals surface area contributed by atoms with Crippen molar-refractivity contribution in [1.82, 2.24) is 4.98 Å². The summed E-state index contributed by atoms with van der Waals surface area (Å²) in [5.74, 6) is -0.629. The summed E-state index contributed by atoms with van der Waals surface area (Å²) in [6, 6.07) is 13.6. The normalized spacial score (nSPS) is 14.6. The number of fused-ring (bicyclic) bond motifs is 1. The molecule has 1 aliphatic rings. The Morgan fingerprint density at radius 2 is 1.87 bits per heavy atom. The van der Waals surface area contributed by atoms with E-state index in [1.54, 1.807) is 0 Å². The molecule has 2 heterocycles. The van der Waals surface area contributed by atoms with Crippen molar-refractivity contribution in [1.29, 1.82) is 0 Å². The van der Waals surface area contributed by atoms with E-state index in [1.807, 2.05) is 49.4 Å². The van der Waals surface area contributed by atoms with Crippen LogP contribution < -0.4 is 15.1 Å². The molecule has 2 aromatic carbocycles. The first kappa shape index (κ1) is 21.2. The van der Waals surface area contributed by atoms with E-state index in [0.29, 0.717) is 12.2 Å². The topological polar surface area (TPSA) is 78.9 Å². The van der Waals surface area contributed by atoms with Crippen molar-refractivity contribution in [3.8, 4) is 0 Å². The summed E-state index contributed by atoms with van der Waals surface area (Å²) in [6.07, 6.45) is 0. The second-order valence-corrected chi connectivity index (χ2v) is 8.29. The van der Waals surface area contributed by atoms with Crippen LogP contribution in [0.15, 0.2) is 42.5 Å². The van der Waals surface area contributed by atoms with Crippen LogP contribution in [0, 0.1) is 6.92 Å². The number of methoxy groups -OCH3 is 1. The molecule has 1 fully saturated rings. The molecule has 1 saturated heterocycles. The Balaban J connectivity index is 1.42. The first-order valence-electron chi connectivity index (χ1n) is 10.3. The molecule has 0 aliphatic carbocycles. The van der Waals surface area contributed by atoms with E-state index < -0.39 is 5.97 Å². The SMILES string of the molecule is COC(=O)c1[nH]c2ccc(C)cc2c1NC(=O)C[NH+]1CCN(c2ccc(Cl)cc2)CC1. The monoisotopic (exact) mass is 441 g/mol. The summed E-state index contributed by atoms with van der Waals surface area (Å²) in [5, 5.41) is 4.48. The molecule has 1 aromatic heterocycles. The van der Waals surface area contributed by atoms with Gasteiger partial charge in [-0.25, -0.2) is 4.79 Å². The molecule has 0 spiro atoms. The van der Waals surface area contributed by atoms with Crippen molar-refractivity contribution in [3.63, 3.8) is 0 Å². The van der Waals surface area contributed by atoms with Crippen LogP contribution in [0.3, 0.4) is 0 Å². The summed E-state index contributed by atoms with van der Waals surface area (Å²) in [7, 11) is 1.33. The molecule has 3 aromatic rings. The van der Waals surface area contributed by atoms with Gasteiger partial charge < -0.3 is 24.8 Å². The fourth-order valence-electron chi connectivity index (χ4n) is 4.01. The summed E-state index contributed by atoms with van der Waals surface area (Å²) in [5.41, 5.74) is 3.71. The Labute approximate surface area is 185 Å². The van der Waals surface area contributed by atoms with Crippen LogP contribution in [-0.4, -0.2) is 56.7 Å². The molecule has 0 saturated carbocycles.